The number of carbonyl (C=O) groups excluding carboxylic acids is 2. The lowest BCUT2D eigenvalue weighted by Crippen LogP contribution is -2.45. The number of carbonyl (C=O) groups is 2. The molecule has 22 heavy (non-hydrogen) atoms. The molecule has 1 saturated heterocycles. The van der Waals surface area contributed by atoms with Gasteiger partial charge in [0.05, 0.1) is 25.2 Å². The van der Waals surface area contributed by atoms with Crippen LogP contribution in [0.15, 0.2) is 30.3 Å². The highest BCUT2D eigenvalue weighted by molar-refractivity contribution is 5.76. The van der Waals surface area contributed by atoms with Crippen molar-refractivity contribution >= 4 is 12.1 Å². The monoisotopic (exact) mass is 305 g/mol. The highest BCUT2D eigenvalue weighted by atomic mass is 16.6. The van der Waals surface area contributed by atoms with Crippen molar-refractivity contribution in [3.8, 4) is 0 Å². The molecule has 0 spiro atoms. The molecule has 0 aromatic heterocycles. The lowest BCUT2D eigenvalue weighted by molar-refractivity contribution is -0.152. The van der Waals surface area contributed by atoms with Crippen LogP contribution in [-0.4, -0.2) is 36.7 Å². The maximum atomic E-state index is 12.3. The molecule has 0 aliphatic carbocycles. The molecule has 1 amide bonds. The van der Waals surface area contributed by atoms with E-state index < -0.39 is 0 Å². The zero-order valence-corrected chi connectivity index (χ0v) is 13.2. The Morgan fingerprint density at radius 1 is 1.14 bits per heavy atom. The fourth-order valence-electron chi connectivity index (χ4n) is 2.97. The summed E-state index contributed by atoms with van der Waals surface area (Å²) < 4.78 is 10.4. The maximum absolute atomic E-state index is 12.3. The van der Waals surface area contributed by atoms with E-state index in [0.717, 1.165) is 12.0 Å². The minimum Gasteiger partial charge on any atom is -0.466 e. The van der Waals surface area contributed by atoms with Gasteiger partial charge in [-0.1, -0.05) is 30.3 Å². The minimum atomic E-state index is -0.370. The van der Waals surface area contributed by atoms with E-state index in [9.17, 15) is 9.59 Å². The average Bonchev–Trinajstić information content (AvgIpc) is 2.55. The average molecular weight is 305 g/mol. The highest BCUT2D eigenvalue weighted by Gasteiger charge is 2.40. The van der Waals surface area contributed by atoms with Crippen LogP contribution in [0.3, 0.4) is 0 Å². The number of benzene rings is 1. The zero-order chi connectivity index (χ0) is 15.9. The molecule has 0 saturated carbocycles. The van der Waals surface area contributed by atoms with E-state index in [-0.39, 0.29) is 24.0 Å². The molecule has 5 nitrogen and oxygen atoms in total. The third-order valence-corrected chi connectivity index (χ3v) is 3.86. The normalized spacial score (nSPS) is 21.3. The van der Waals surface area contributed by atoms with Crippen LogP contribution in [0.2, 0.25) is 0 Å². The van der Waals surface area contributed by atoms with Gasteiger partial charge in [-0.15, -0.1) is 0 Å². The standard InChI is InChI=1S/C17H23NO4/c1-3-21-16(19)14-11-8-12-18(17(20)22-4-2)15(14)13-9-6-5-7-10-13/h5-7,9-10,14-15H,3-4,8,11-12H2,1-2H3. The first-order valence-electron chi connectivity index (χ1n) is 7.84. The number of piperidine rings is 1. The van der Waals surface area contributed by atoms with Gasteiger partial charge in [0, 0.05) is 6.54 Å². The van der Waals surface area contributed by atoms with Crippen molar-refractivity contribution in [1.29, 1.82) is 0 Å². The summed E-state index contributed by atoms with van der Waals surface area (Å²) >= 11 is 0. The van der Waals surface area contributed by atoms with Gasteiger partial charge in [-0.25, -0.2) is 4.79 Å². The largest absolute Gasteiger partial charge is 0.466 e. The Morgan fingerprint density at radius 3 is 2.45 bits per heavy atom. The number of ether oxygens (including phenoxy) is 2. The summed E-state index contributed by atoms with van der Waals surface area (Å²) in [5.74, 6) is -0.592. The second-order valence-corrected chi connectivity index (χ2v) is 5.25. The smallest absolute Gasteiger partial charge is 0.410 e. The van der Waals surface area contributed by atoms with Crippen LogP contribution >= 0.6 is 0 Å². The zero-order valence-electron chi connectivity index (χ0n) is 13.2. The van der Waals surface area contributed by atoms with Gasteiger partial charge < -0.3 is 14.4 Å². The molecule has 1 heterocycles. The van der Waals surface area contributed by atoms with Gasteiger partial charge >= 0.3 is 12.1 Å². The Balaban J connectivity index is 2.32. The highest BCUT2D eigenvalue weighted by Crippen LogP contribution is 2.37. The van der Waals surface area contributed by atoms with Crippen molar-refractivity contribution in [3.63, 3.8) is 0 Å². The Labute approximate surface area is 131 Å². The summed E-state index contributed by atoms with van der Waals surface area (Å²) in [6.07, 6.45) is 1.12. The Morgan fingerprint density at radius 2 is 1.82 bits per heavy atom. The van der Waals surface area contributed by atoms with Crippen molar-refractivity contribution in [2.75, 3.05) is 19.8 Å². The van der Waals surface area contributed by atoms with Crippen LogP contribution < -0.4 is 0 Å². The molecule has 2 atom stereocenters. The molecule has 2 rings (SSSR count). The molecule has 5 heteroatoms. The van der Waals surface area contributed by atoms with Gasteiger partial charge in [0.15, 0.2) is 0 Å². The molecule has 1 aromatic rings. The third kappa shape index (κ3) is 3.59. The second-order valence-electron chi connectivity index (χ2n) is 5.25. The molecule has 1 aliphatic heterocycles. The molecule has 0 N–H and O–H groups in total. The first kappa shape index (κ1) is 16.3. The molecule has 1 fully saturated rings. The first-order chi connectivity index (χ1) is 10.7. The molecule has 1 aliphatic rings. The predicted molar refractivity (Wildman–Crippen MR) is 82.3 cm³/mol. The molecule has 120 valence electrons. The summed E-state index contributed by atoms with van der Waals surface area (Å²) in [7, 11) is 0. The lowest BCUT2D eigenvalue weighted by Gasteiger charge is -2.39. The topological polar surface area (TPSA) is 55.8 Å². The van der Waals surface area contributed by atoms with Crippen LogP contribution in [0.25, 0.3) is 0 Å². The number of hydrogen-bond acceptors (Lipinski definition) is 4. The van der Waals surface area contributed by atoms with E-state index >= 15 is 0 Å². The van der Waals surface area contributed by atoms with Crippen LogP contribution in [0.5, 0.6) is 0 Å². The second kappa shape index (κ2) is 7.82. The molecule has 0 bridgehead atoms. The van der Waals surface area contributed by atoms with Crippen molar-refractivity contribution in [3.05, 3.63) is 35.9 Å². The van der Waals surface area contributed by atoms with E-state index in [1.165, 1.54) is 0 Å². The Bertz CT molecular complexity index is 477. The summed E-state index contributed by atoms with van der Waals surface area (Å²) in [6, 6.07) is 9.29. The van der Waals surface area contributed by atoms with Crippen LogP contribution in [-0.2, 0) is 14.3 Å². The van der Waals surface area contributed by atoms with Crippen LogP contribution in [0.1, 0.15) is 38.3 Å². The SMILES string of the molecule is CCOC(=O)C1CCCN(C(=O)OCC)C1c1ccccc1. The van der Waals surface area contributed by atoms with Crippen molar-refractivity contribution in [2.45, 2.75) is 32.7 Å². The van der Waals surface area contributed by atoms with Gasteiger partial charge in [0.1, 0.15) is 0 Å². The predicted octanol–water partition coefficient (Wildman–Crippen LogP) is 3.16. The van der Waals surface area contributed by atoms with Gasteiger partial charge in [-0.3, -0.25) is 4.79 Å². The summed E-state index contributed by atoms with van der Waals surface area (Å²) in [5.41, 5.74) is 0.938. The van der Waals surface area contributed by atoms with Crippen molar-refractivity contribution in [2.24, 2.45) is 5.92 Å². The number of hydrogen-bond donors (Lipinski definition) is 0. The van der Waals surface area contributed by atoms with Crippen molar-refractivity contribution in [1.82, 2.24) is 4.90 Å². The van der Waals surface area contributed by atoms with Gasteiger partial charge in [0.25, 0.3) is 0 Å². The summed E-state index contributed by atoms with van der Waals surface area (Å²) in [4.78, 5) is 26.2. The van der Waals surface area contributed by atoms with Crippen LogP contribution in [0, 0.1) is 5.92 Å². The number of amides is 1. The minimum absolute atomic E-state index is 0.245. The molecule has 0 radical (unpaired) electrons. The van der Waals surface area contributed by atoms with Gasteiger partial charge in [0.2, 0.25) is 0 Å². The number of esters is 1. The number of rotatable bonds is 4. The summed E-state index contributed by atoms with van der Waals surface area (Å²) in [6.45, 7) is 4.83. The van der Waals surface area contributed by atoms with E-state index in [1.54, 1.807) is 18.7 Å². The van der Waals surface area contributed by atoms with Crippen LogP contribution in [0.4, 0.5) is 4.79 Å². The van der Waals surface area contributed by atoms with E-state index in [1.807, 2.05) is 30.3 Å². The Kier molecular flexibility index (Phi) is 5.81. The third-order valence-electron chi connectivity index (χ3n) is 3.86. The number of nitrogens with zero attached hydrogens (tertiary/aromatic N) is 1. The lowest BCUT2D eigenvalue weighted by atomic mass is 9.85. The molecule has 2 unspecified atom stereocenters. The molecular formula is C17H23NO4. The van der Waals surface area contributed by atoms with Crippen molar-refractivity contribution < 1.29 is 19.1 Å². The molecular weight excluding hydrogens is 282 g/mol. The fourth-order valence-corrected chi connectivity index (χ4v) is 2.97. The van der Waals surface area contributed by atoms with Gasteiger partial charge in [-0.05, 0) is 32.3 Å². The van der Waals surface area contributed by atoms with E-state index in [2.05, 4.69) is 0 Å². The quantitative estimate of drug-likeness (QED) is 0.802. The maximum Gasteiger partial charge on any atom is 0.410 e. The Hall–Kier alpha value is -2.04. The fraction of sp³-hybridized carbons (Fsp3) is 0.529. The molecule has 1 aromatic carbocycles. The number of likely N-dealkylation sites (tertiary alicyclic amines) is 1. The van der Waals surface area contributed by atoms with E-state index in [0.29, 0.717) is 26.2 Å². The van der Waals surface area contributed by atoms with E-state index in [4.69, 9.17) is 9.47 Å². The summed E-state index contributed by atoms with van der Waals surface area (Å²) in [5, 5.41) is 0. The first-order valence-corrected chi connectivity index (χ1v) is 7.84. The van der Waals surface area contributed by atoms with Gasteiger partial charge in [-0.2, -0.15) is 0 Å².